The van der Waals surface area contributed by atoms with Crippen LogP contribution in [0.4, 0.5) is 11.4 Å². The van der Waals surface area contributed by atoms with E-state index >= 15 is 0 Å². The summed E-state index contributed by atoms with van der Waals surface area (Å²) in [4.78, 5) is 38.6. The fourth-order valence-electron chi connectivity index (χ4n) is 3.59. The maximum Gasteiger partial charge on any atom is 0.271 e. The molecule has 0 saturated carbocycles. The molecule has 2 aromatic rings. The van der Waals surface area contributed by atoms with E-state index < -0.39 is 33.4 Å². The van der Waals surface area contributed by atoms with Crippen molar-refractivity contribution in [1.82, 2.24) is 10.2 Å². The molecule has 2 atom stereocenters. The predicted molar refractivity (Wildman–Crippen MR) is 141 cm³/mol. The third-order valence-electron chi connectivity index (χ3n) is 6.01. The molecule has 2 aromatic carbocycles. The fraction of sp³-hybridized carbons (Fsp3) is 0.440. The monoisotopic (exact) mass is 534 g/mol. The van der Waals surface area contributed by atoms with Crippen LogP contribution in [-0.4, -0.2) is 62.0 Å². The number of amides is 2. The number of benzene rings is 2. The maximum absolute atomic E-state index is 13.6. The number of sulfonamides is 1. The number of hydrogen-bond acceptors (Lipinski definition) is 7. The number of rotatable bonds is 12. The number of non-ortho nitro benzene ring substituents is 1. The van der Waals surface area contributed by atoms with Crippen molar-refractivity contribution < 1.29 is 27.7 Å². The number of hydrogen-bond donors (Lipinski definition) is 1. The molecule has 2 amide bonds. The van der Waals surface area contributed by atoms with Gasteiger partial charge in [0, 0.05) is 24.7 Å². The Bertz CT molecular complexity index is 1250. The lowest BCUT2D eigenvalue weighted by molar-refractivity contribution is -0.384. The summed E-state index contributed by atoms with van der Waals surface area (Å²) >= 11 is 0. The summed E-state index contributed by atoms with van der Waals surface area (Å²) in [5.74, 6) is -0.472. The van der Waals surface area contributed by atoms with Crippen LogP contribution in [0.25, 0.3) is 0 Å². The van der Waals surface area contributed by atoms with E-state index in [9.17, 15) is 28.1 Å². The number of nitrogens with zero attached hydrogens (tertiary/aromatic N) is 3. The topological polar surface area (TPSA) is 139 Å². The standard InChI is InChI=1S/C25H34N4O7S/c1-7-18(3)26-25(31)19(4)27(15-20-9-8-10-22(13-20)36-5)24(30)16-28(37(6,34)35)23-14-21(29(32)33)12-11-17(23)2/h8-14,18-19H,7,15-16H2,1-6H3,(H,26,31)/t18-,19+/m1/s1. The normalized spacial score (nSPS) is 12.8. The van der Waals surface area contributed by atoms with E-state index in [1.807, 2.05) is 13.8 Å². The summed E-state index contributed by atoms with van der Waals surface area (Å²) in [5, 5.41) is 14.2. The quantitative estimate of drug-likeness (QED) is 0.326. The molecule has 1 N–H and O–H groups in total. The fourth-order valence-corrected chi connectivity index (χ4v) is 4.49. The molecule has 0 fully saturated rings. The van der Waals surface area contributed by atoms with Gasteiger partial charge in [0.1, 0.15) is 18.3 Å². The van der Waals surface area contributed by atoms with Gasteiger partial charge in [0.2, 0.25) is 21.8 Å². The molecule has 0 aliphatic carbocycles. The highest BCUT2D eigenvalue weighted by Crippen LogP contribution is 2.28. The third-order valence-corrected chi connectivity index (χ3v) is 7.13. The Morgan fingerprint density at radius 3 is 2.41 bits per heavy atom. The first kappa shape index (κ1) is 29.6. The van der Waals surface area contributed by atoms with Crippen molar-refractivity contribution in [2.75, 3.05) is 24.2 Å². The smallest absolute Gasteiger partial charge is 0.271 e. The van der Waals surface area contributed by atoms with Crippen molar-refractivity contribution in [1.29, 1.82) is 0 Å². The maximum atomic E-state index is 13.6. The Labute approximate surface area is 217 Å². The van der Waals surface area contributed by atoms with Crippen molar-refractivity contribution in [3.8, 4) is 5.75 Å². The minimum atomic E-state index is -4.02. The number of aryl methyl sites for hydroxylation is 1. The number of carbonyl (C=O) groups excluding carboxylic acids is 2. The molecule has 0 heterocycles. The lowest BCUT2D eigenvalue weighted by Crippen LogP contribution is -2.52. The van der Waals surface area contributed by atoms with Crippen molar-refractivity contribution in [3.05, 3.63) is 63.7 Å². The summed E-state index contributed by atoms with van der Waals surface area (Å²) in [5.41, 5.74) is 0.818. The molecular formula is C25H34N4O7S. The number of nitro groups is 1. The van der Waals surface area contributed by atoms with Gasteiger partial charge in [-0.25, -0.2) is 8.42 Å². The summed E-state index contributed by atoms with van der Waals surface area (Å²) in [6.45, 7) is 6.29. The first-order chi connectivity index (χ1) is 17.3. The summed E-state index contributed by atoms with van der Waals surface area (Å²) in [7, 11) is -2.51. The molecule has 0 aliphatic heterocycles. The van der Waals surface area contributed by atoms with Gasteiger partial charge < -0.3 is 15.0 Å². The van der Waals surface area contributed by atoms with Gasteiger partial charge in [-0.3, -0.25) is 24.0 Å². The van der Waals surface area contributed by atoms with Crippen molar-refractivity contribution in [2.24, 2.45) is 0 Å². The first-order valence-corrected chi connectivity index (χ1v) is 13.6. The minimum absolute atomic E-state index is 0.0106. The zero-order valence-corrected chi connectivity index (χ0v) is 22.7. The van der Waals surface area contributed by atoms with Crippen LogP contribution in [-0.2, 0) is 26.2 Å². The van der Waals surface area contributed by atoms with E-state index in [1.54, 1.807) is 38.1 Å². The number of ether oxygens (including phenoxy) is 1. The molecule has 2 rings (SSSR count). The molecule has 0 bridgehead atoms. The van der Waals surface area contributed by atoms with Gasteiger partial charge in [-0.05, 0) is 50.5 Å². The second-order valence-corrected chi connectivity index (χ2v) is 10.8. The number of methoxy groups -OCH3 is 1. The van der Waals surface area contributed by atoms with E-state index in [-0.39, 0.29) is 29.9 Å². The van der Waals surface area contributed by atoms with Crippen LogP contribution in [0.1, 0.15) is 38.3 Å². The Kier molecular flexibility index (Phi) is 10.0. The highest BCUT2D eigenvalue weighted by molar-refractivity contribution is 7.92. The zero-order chi connectivity index (χ0) is 27.9. The molecule has 0 aromatic heterocycles. The molecule has 0 aliphatic rings. The number of nitrogens with one attached hydrogen (secondary N) is 1. The van der Waals surface area contributed by atoms with E-state index in [1.165, 1.54) is 24.1 Å². The third kappa shape index (κ3) is 7.91. The lowest BCUT2D eigenvalue weighted by Gasteiger charge is -2.32. The Balaban J connectivity index is 2.49. The summed E-state index contributed by atoms with van der Waals surface area (Å²) in [6, 6.07) is 9.73. The van der Waals surface area contributed by atoms with Crippen LogP contribution in [0, 0.1) is 17.0 Å². The van der Waals surface area contributed by atoms with Crippen LogP contribution in [0.15, 0.2) is 42.5 Å². The predicted octanol–water partition coefficient (Wildman–Crippen LogP) is 3.01. The molecule has 0 unspecified atom stereocenters. The SMILES string of the molecule is CC[C@@H](C)NC(=O)[C@H](C)N(Cc1cccc(OC)c1)C(=O)CN(c1cc([N+](=O)[O-])ccc1C)S(C)(=O)=O. The summed E-state index contributed by atoms with van der Waals surface area (Å²) in [6.07, 6.45) is 1.61. The van der Waals surface area contributed by atoms with E-state index in [4.69, 9.17) is 4.74 Å². The molecule has 0 spiro atoms. The molecule has 0 radical (unpaired) electrons. The first-order valence-electron chi connectivity index (χ1n) is 11.7. The molecule has 12 heteroatoms. The average Bonchev–Trinajstić information content (AvgIpc) is 2.84. The van der Waals surface area contributed by atoms with Gasteiger partial charge in [-0.2, -0.15) is 0 Å². The van der Waals surface area contributed by atoms with Gasteiger partial charge in [0.25, 0.3) is 5.69 Å². The zero-order valence-electron chi connectivity index (χ0n) is 21.9. The van der Waals surface area contributed by atoms with Crippen LogP contribution in [0.5, 0.6) is 5.75 Å². The van der Waals surface area contributed by atoms with Crippen molar-refractivity contribution >= 4 is 33.2 Å². The molecule has 0 saturated heterocycles. The van der Waals surface area contributed by atoms with Gasteiger partial charge >= 0.3 is 0 Å². The van der Waals surface area contributed by atoms with Gasteiger partial charge in [-0.1, -0.05) is 25.1 Å². The van der Waals surface area contributed by atoms with Crippen LogP contribution < -0.4 is 14.4 Å². The van der Waals surface area contributed by atoms with Gasteiger partial charge in [0.15, 0.2) is 0 Å². The van der Waals surface area contributed by atoms with Crippen LogP contribution in [0.2, 0.25) is 0 Å². The van der Waals surface area contributed by atoms with E-state index in [2.05, 4.69) is 5.32 Å². The largest absolute Gasteiger partial charge is 0.497 e. The Morgan fingerprint density at radius 2 is 1.84 bits per heavy atom. The average molecular weight is 535 g/mol. The minimum Gasteiger partial charge on any atom is -0.497 e. The van der Waals surface area contributed by atoms with Crippen LogP contribution in [0.3, 0.4) is 0 Å². The summed E-state index contributed by atoms with van der Waals surface area (Å²) < 4.78 is 31.6. The molecular weight excluding hydrogens is 500 g/mol. The second kappa shape index (κ2) is 12.5. The molecule has 202 valence electrons. The molecule has 11 nitrogen and oxygen atoms in total. The number of anilines is 1. The van der Waals surface area contributed by atoms with Gasteiger partial charge in [0.05, 0.1) is 24.0 Å². The Hall–Kier alpha value is -3.67. The Morgan fingerprint density at radius 1 is 1.16 bits per heavy atom. The highest BCUT2D eigenvalue weighted by Gasteiger charge is 2.31. The van der Waals surface area contributed by atoms with Crippen molar-refractivity contribution in [3.63, 3.8) is 0 Å². The van der Waals surface area contributed by atoms with E-state index in [0.717, 1.165) is 16.6 Å². The van der Waals surface area contributed by atoms with Gasteiger partial charge in [-0.15, -0.1) is 0 Å². The lowest BCUT2D eigenvalue weighted by atomic mass is 10.1. The molecule has 37 heavy (non-hydrogen) atoms. The number of nitro benzene ring substituents is 1. The number of carbonyl (C=O) groups is 2. The van der Waals surface area contributed by atoms with Crippen LogP contribution >= 0.6 is 0 Å². The van der Waals surface area contributed by atoms with Crippen molar-refractivity contribution in [2.45, 2.75) is 52.7 Å². The second-order valence-electron chi connectivity index (χ2n) is 8.86. The highest BCUT2D eigenvalue weighted by atomic mass is 32.2. The van der Waals surface area contributed by atoms with E-state index in [0.29, 0.717) is 23.3 Å².